The molecule has 4 heterocycles. The highest BCUT2D eigenvalue weighted by molar-refractivity contribution is 5.93. The third-order valence-corrected chi connectivity index (χ3v) is 5.99. The van der Waals surface area contributed by atoms with Crippen molar-refractivity contribution < 1.29 is 15.0 Å². The molecule has 170 valence electrons. The molecule has 0 aromatic carbocycles. The van der Waals surface area contributed by atoms with Crippen LogP contribution in [-0.2, 0) is 12.8 Å². The van der Waals surface area contributed by atoms with Gasteiger partial charge in [-0.3, -0.25) is 13.8 Å². The minimum Gasteiger partial charge on any atom is -0.395 e. The first-order valence-electron chi connectivity index (χ1n) is 11.1. The first-order valence-corrected chi connectivity index (χ1v) is 11.1. The fourth-order valence-corrected chi connectivity index (χ4v) is 4.47. The van der Waals surface area contributed by atoms with E-state index < -0.39 is 0 Å². The lowest BCUT2D eigenvalue weighted by Crippen LogP contribution is -2.36. The standard InChI is InChI=1S/C24H26N6O3/c1-16-4-2-6-19(26-16)23-27-18-5-3-7-20(18)30(23)17-8-9-22-25-14-21(29(22)15-17)24(33)28(10-12-31)11-13-32/h2,4,6,8-9,14-15,31-32H,3,5,7,10-13H2,1H3. The summed E-state index contributed by atoms with van der Waals surface area (Å²) >= 11 is 0. The molecule has 0 saturated carbocycles. The van der Waals surface area contributed by atoms with E-state index in [1.807, 2.05) is 43.5 Å². The van der Waals surface area contributed by atoms with Crippen molar-refractivity contribution >= 4 is 11.6 Å². The predicted molar refractivity (Wildman–Crippen MR) is 122 cm³/mol. The van der Waals surface area contributed by atoms with Gasteiger partial charge in [0.05, 0.1) is 30.8 Å². The van der Waals surface area contributed by atoms with E-state index in [2.05, 4.69) is 9.55 Å². The number of aromatic nitrogens is 5. The van der Waals surface area contributed by atoms with Crippen molar-refractivity contribution in [2.75, 3.05) is 26.3 Å². The first-order chi connectivity index (χ1) is 16.1. The number of imidazole rings is 2. The maximum absolute atomic E-state index is 13.1. The number of aliphatic hydroxyl groups is 2. The van der Waals surface area contributed by atoms with Crippen LogP contribution in [0.5, 0.6) is 0 Å². The van der Waals surface area contributed by atoms with Crippen LogP contribution in [0.1, 0.15) is 34.0 Å². The summed E-state index contributed by atoms with van der Waals surface area (Å²) in [6.07, 6.45) is 6.36. The van der Waals surface area contributed by atoms with Crippen LogP contribution in [0.3, 0.4) is 0 Å². The molecule has 4 aromatic heterocycles. The van der Waals surface area contributed by atoms with E-state index >= 15 is 0 Å². The second kappa shape index (κ2) is 8.76. The number of carbonyl (C=O) groups excluding carboxylic acids is 1. The summed E-state index contributed by atoms with van der Waals surface area (Å²) in [4.78, 5) is 28.6. The van der Waals surface area contributed by atoms with Crippen LogP contribution < -0.4 is 0 Å². The Labute approximate surface area is 191 Å². The van der Waals surface area contributed by atoms with Gasteiger partial charge >= 0.3 is 0 Å². The van der Waals surface area contributed by atoms with Crippen LogP contribution in [0.2, 0.25) is 0 Å². The molecule has 0 saturated heterocycles. The van der Waals surface area contributed by atoms with Crippen LogP contribution >= 0.6 is 0 Å². The number of hydrogen-bond acceptors (Lipinski definition) is 6. The average Bonchev–Trinajstić information content (AvgIpc) is 3.52. The molecule has 4 aromatic rings. The highest BCUT2D eigenvalue weighted by Crippen LogP contribution is 2.31. The molecule has 9 heteroatoms. The Kier molecular flexibility index (Phi) is 5.65. The van der Waals surface area contributed by atoms with Gasteiger partial charge in [-0.15, -0.1) is 0 Å². The molecular weight excluding hydrogens is 420 g/mol. The van der Waals surface area contributed by atoms with Gasteiger partial charge in [-0.1, -0.05) is 6.07 Å². The number of nitrogens with zero attached hydrogens (tertiary/aromatic N) is 6. The van der Waals surface area contributed by atoms with Gasteiger partial charge in [0.25, 0.3) is 5.91 Å². The van der Waals surface area contributed by atoms with E-state index in [9.17, 15) is 15.0 Å². The Morgan fingerprint density at radius 3 is 2.67 bits per heavy atom. The summed E-state index contributed by atoms with van der Waals surface area (Å²) < 4.78 is 3.89. The number of pyridine rings is 2. The number of amides is 1. The molecule has 1 aliphatic rings. The molecular formula is C24H26N6O3. The van der Waals surface area contributed by atoms with Crippen molar-refractivity contribution in [2.45, 2.75) is 26.2 Å². The number of hydrogen-bond donors (Lipinski definition) is 2. The Balaban J connectivity index is 1.63. The van der Waals surface area contributed by atoms with Gasteiger partial charge in [-0.2, -0.15) is 0 Å². The Hall–Kier alpha value is -3.56. The first kappa shape index (κ1) is 21.3. The van der Waals surface area contributed by atoms with Gasteiger partial charge in [0.2, 0.25) is 0 Å². The summed E-state index contributed by atoms with van der Waals surface area (Å²) in [5.41, 5.74) is 5.88. The molecule has 0 bridgehead atoms. The third-order valence-electron chi connectivity index (χ3n) is 5.99. The van der Waals surface area contributed by atoms with Crippen molar-refractivity contribution in [3.05, 3.63) is 65.5 Å². The molecule has 5 rings (SSSR count). The highest BCUT2D eigenvalue weighted by atomic mass is 16.3. The topological polar surface area (TPSA) is 109 Å². The summed E-state index contributed by atoms with van der Waals surface area (Å²) in [6.45, 7) is 1.89. The maximum Gasteiger partial charge on any atom is 0.272 e. The monoisotopic (exact) mass is 446 g/mol. The Morgan fingerprint density at radius 1 is 1.09 bits per heavy atom. The van der Waals surface area contributed by atoms with Gasteiger partial charge in [-0.05, 0) is 50.5 Å². The van der Waals surface area contributed by atoms with Gasteiger partial charge in [0.1, 0.15) is 17.0 Å². The summed E-state index contributed by atoms with van der Waals surface area (Å²) in [5, 5.41) is 18.7. The summed E-state index contributed by atoms with van der Waals surface area (Å²) in [5.74, 6) is 0.497. The smallest absolute Gasteiger partial charge is 0.272 e. The third kappa shape index (κ3) is 3.79. The summed E-state index contributed by atoms with van der Waals surface area (Å²) in [7, 11) is 0. The zero-order valence-corrected chi connectivity index (χ0v) is 18.5. The van der Waals surface area contributed by atoms with Crippen molar-refractivity contribution in [1.29, 1.82) is 0 Å². The Morgan fingerprint density at radius 2 is 1.91 bits per heavy atom. The molecule has 2 N–H and O–H groups in total. The molecule has 1 amide bonds. The predicted octanol–water partition coefficient (Wildman–Crippen LogP) is 1.81. The number of aliphatic hydroxyl groups excluding tert-OH is 2. The van der Waals surface area contributed by atoms with Crippen molar-refractivity contribution in [3.8, 4) is 17.2 Å². The zero-order valence-electron chi connectivity index (χ0n) is 18.5. The Bertz CT molecular complexity index is 1320. The lowest BCUT2D eigenvalue weighted by atomic mass is 10.2. The fourth-order valence-electron chi connectivity index (χ4n) is 4.47. The van der Waals surface area contributed by atoms with Gasteiger partial charge < -0.3 is 15.1 Å². The molecule has 0 atom stereocenters. The molecule has 0 unspecified atom stereocenters. The molecule has 9 nitrogen and oxygen atoms in total. The van der Waals surface area contributed by atoms with Crippen LogP contribution in [0, 0.1) is 6.92 Å². The molecule has 33 heavy (non-hydrogen) atoms. The van der Waals surface area contributed by atoms with Gasteiger partial charge in [0.15, 0.2) is 5.82 Å². The SMILES string of the molecule is Cc1cccc(-c2nc3c(n2-c2ccc4ncc(C(=O)N(CCO)CCO)n4c2)CCC3)n1. The van der Waals surface area contributed by atoms with Crippen molar-refractivity contribution in [3.63, 3.8) is 0 Å². The van der Waals surface area contributed by atoms with Gasteiger partial charge in [-0.25, -0.2) is 15.0 Å². The quantitative estimate of drug-likeness (QED) is 0.448. The van der Waals surface area contributed by atoms with E-state index in [0.29, 0.717) is 11.3 Å². The van der Waals surface area contributed by atoms with Crippen LogP contribution in [-0.4, -0.2) is 71.2 Å². The van der Waals surface area contributed by atoms with Crippen molar-refractivity contribution in [2.24, 2.45) is 0 Å². The molecule has 0 radical (unpaired) electrons. The van der Waals surface area contributed by atoms with E-state index in [1.165, 1.54) is 16.8 Å². The fraction of sp³-hybridized carbons (Fsp3) is 0.333. The molecule has 0 spiro atoms. The normalized spacial score (nSPS) is 12.9. The van der Waals surface area contributed by atoms with Crippen LogP contribution in [0.4, 0.5) is 0 Å². The van der Waals surface area contributed by atoms with Gasteiger partial charge in [0, 0.05) is 30.7 Å². The number of aryl methyl sites for hydroxylation is 2. The molecule has 0 fully saturated rings. The largest absolute Gasteiger partial charge is 0.395 e. The summed E-state index contributed by atoms with van der Waals surface area (Å²) in [6, 6.07) is 9.77. The van der Waals surface area contributed by atoms with Crippen LogP contribution in [0.25, 0.3) is 22.9 Å². The lowest BCUT2D eigenvalue weighted by Gasteiger charge is -2.20. The number of fused-ring (bicyclic) bond motifs is 2. The van der Waals surface area contributed by atoms with E-state index in [4.69, 9.17) is 9.97 Å². The van der Waals surface area contributed by atoms with E-state index in [-0.39, 0.29) is 32.2 Å². The second-order valence-corrected chi connectivity index (χ2v) is 8.18. The maximum atomic E-state index is 13.1. The average molecular weight is 447 g/mol. The highest BCUT2D eigenvalue weighted by Gasteiger charge is 2.25. The molecule has 1 aliphatic carbocycles. The van der Waals surface area contributed by atoms with Crippen LogP contribution in [0.15, 0.2) is 42.7 Å². The second-order valence-electron chi connectivity index (χ2n) is 8.18. The number of carbonyl (C=O) groups is 1. The molecule has 0 aliphatic heterocycles. The van der Waals surface area contributed by atoms with Crippen molar-refractivity contribution in [1.82, 2.24) is 28.8 Å². The lowest BCUT2D eigenvalue weighted by molar-refractivity contribution is 0.0678. The minimum atomic E-state index is -0.292. The number of rotatable bonds is 7. The van der Waals surface area contributed by atoms with E-state index in [1.54, 1.807) is 4.40 Å². The van der Waals surface area contributed by atoms with E-state index in [0.717, 1.165) is 47.9 Å². The zero-order chi connectivity index (χ0) is 22.9. The minimum absolute atomic E-state index is 0.143.